The molecule has 0 amide bonds. The molecule has 0 aliphatic carbocycles. The topological polar surface area (TPSA) is 29.5 Å². The molecule has 2 rings (SSSR count). The van der Waals surface area contributed by atoms with E-state index in [1.807, 2.05) is 12.1 Å². The number of hydrogen-bond acceptors (Lipinski definition) is 2. The van der Waals surface area contributed by atoms with Gasteiger partial charge in [0, 0.05) is 0 Å². The van der Waals surface area contributed by atoms with E-state index in [-0.39, 0.29) is 11.3 Å². The summed E-state index contributed by atoms with van der Waals surface area (Å²) in [5.74, 6) is 0.343. The lowest BCUT2D eigenvalue weighted by molar-refractivity contribution is -0.0383. The van der Waals surface area contributed by atoms with Gasteiger partial charge in [-0.25, -0.2) is 0 Å². The minimum absolute atomic E-state index is 0.187. The van der Waals surface area contributed by atoms with Gasteiger partial charge in [0.25, 0.3) is 0 Å². The minimum atomic E-state index is -1.44. The van der Waals surface area contributed by atoms with Crippen LogP contribution in [0.4, 0.5) is 0 Å². The Hall–Kier alpha value is -0.803. The number of aromatic hydroxyl groups is 1. The highest BCUT2D eigenvalue weighted by Gasteiger charge is 2.45. The summed E-state index contributed by atoms with van der Waals surface area (Å²) in [6, 6.07) is 5.68. The average molecular weight is 250 g/mol. The first-order valence-electron chi connectivity index (χ1n) is 6.29. The van der Waals surface area contributed by atoms with Crippen LogP contribution in [-0.4, -0.2) is 13.2 Å². The molecule has 2 atom stereocenters. The molecular weight excluding hydrogens is 228 g/mol. The summed E-state index contributed by atoms with van der Waals surface area (Å²) in [7, 11) is -1.44. The van der Waals surface area contributed by atoms with Gasteiger partial charge in [-0.15, -0.1) is 0 Å². The number of ether oxygens (including phenoxy) is 1. The summed E-state index contributed by atoms with van der Waals surface area (Å²) in [6.07, 6.45) is 0.964. The zero-order valence-electron chi connectivity index (χ0n) is 11.4. The summed E-state index contributed by atoms with van der Waals surface area (Å²) in [5.41, 5.74) is 2.46. The van der Waals surface area contributed by atoms with Gasteiger partial charge in [0.2, 0.25) is 0 Å². The second-order valence-corrected chi connectivity index (χ2v) is 11.5. The highest BCUT2D eigenvalue weighted by molar-refractivity contribution is 6.77. The van der Waals surface area contributed by atoms with Crippen LogP contribution in [0.5, 0.6) is 5.75 Å². The van der Waals surface area contributed by atoms with E-state index < -0.39 is 8.07 Å². The molecule has 0 radical (unpaired) electrons. The molecule has 1 aliphatic heterocycles. The molecule has 1 N–H and O–H groups in total. The number of hydrogen-bond donors (Lipinski definition) is 1. The third-order valence-corrected chi connectivity index (χ3v) is 5.73. The summed E-state index contributed by atoms with van der Waals surface area (Å²) < 4.78 is 6.34. The Morgan fingerprint density at radius 3 is 2.53 bits per heavy atom. The van der Waals surface area contributed by atoms with Crippen LogP contribution in [-0.2, 0) is 10.3 Å². The van der Waals surface area contributed by atoms with Crippen LogP contribution in [0.15, 0.2) is 18.2 Å². The van der Waals surface area contributed by atoms with Gasteiger partial charge < -0.3 is 9.84 Å². The van der Waals surface area contributed by atoms with E-state index in [0.717, 1.165) is 6.42 Å². The van der Waals surface area contributed by atoms with Crippen molar-refractivity contribution >= 4 is 8.07 Å². The van der Waals surface area contributed by atoms with Crippen LogP contribution in [0.3, 0.4) is 0 Å². The molecule has 94 valence electrons. The van der Waals surface area contributed by atoms with E-state index in [1.54, 1.807) is 6.07 Å². The van der Waals surface area contributed by atoms with Crippen molar-refractivity contribution in [2.24, 2.45) is 0 Å². The van der Waals surface area contributed by atoms with Crippen molar-refractivity contribution in [1.29, 1.82) is 0 Å². The summed E-state index contributed by atoms with van der Waals surface area (Å²) in [4.78, 5) is 0. The fraction of sp³-hybridized carbons (Fsp3) is 0.571. The molecule has 1 aromatic rings. The molecule has 2 nitrogen and oxygen atoms in total. The SMILES string of the molecule is CCC1(C)OC([Si](C)(C)C)c2cc(O)ccc21. The first-order chi connectivity index (χ1) is 7.78. The molecule has 1 aliphatic rings. The first kappa shape index (κ1) is 12.6. The zero-order chi connectivity index (χ0) is 12.8. The fourth-order valence-corrected chi connectivity index (χ4v) is 4.34. The Labute approximate surface area is 105 Å². The van der Waals surface area contributed by atoms with Gasteiger partial charge in [-0.2, -0.15) is 0 Å². The zero-order valence-corrected chi connectivity index (χ0v) is 12.4. The molecule has 2 unspecified atom stereocenters. The van der Waals surface area contributed by atoms with E-state index >= 15 is 0 Å². The van der Waals surface area contributed by atoms with Gasteiger partial charge in [0.15, 0.2) is 0 Å². The van der Waals surface area contributed by atoms with Crippen LogP contribution in [0, 0.1) is 0 Å². The van der Waals surface area contributed by atoms with Crippen LogP contribution >= 0.6 is 0 Å². The van der Waals surface area contributed by atoms with Gasteiger partial charge in [-0.1, -0.05) is 32.6 Å². The molecule has 0 saturated heterocycles. The normalized spacial score (nSPS) is 28.2. The van der Waals surface area contributed by atoms with Crippen molar-refractivity contribution in [3.63, 3.8) is 0 Å². The van der Waals surface area contributed by atoms with Crippen molar-refractivity contribution in [3.8, 4) is 5.75 Å². The lowest BCUT2D eigenvalue weighted by Gasteiger charge is -2.29. The Kier molecular flexibility index (Phi) is 2.87. The number of fused-ring (bicyclic) bond motifs is 1. The number of phenols is 1. The number of phenolic OH excluding ortho intramolecular Hbond substituents is 1. The number of rotatable bonds is 2. The summed E-state index contributed by atoms with van der Waals surface area (Å²) in [6.45, 7) is 11.2. The van der Waals surface area contributed by atoms with Crippen molar-refractivity contribution in [3.05, 3.63) is 29.3 Å². The average Bonchev–Trinajstić information content (AvgIpc) is 2.52. The molecular formula is C14H22O2Si. The summed E-state index contributed by atoms with van der Waals surface area (Å²) >= 11 is 0. The Balaban J connectivity index is 2.57. The predicted molar refractivity (Wildman–Crippen MR) is 72.9 cm³/mol. The first-order valence-corrected chi connectivity index (χ1v) is 9.87. The molecule has 0 aromatic heterocycles. The third-order valence-electron chi connectivity index (χ3n) is 3.73. The van der Waals surface area contributed by atoms with E-state index in [9.17, 15) is 5.11 Å². The fourth-order valence-electron chi connectivity index (χ4n) is 2.55. The summed E-state index contributed by atoms with van der Waals surface area (Å²) in [5, 5.41) is 9.68. The van der Waals surface area contributed by atoms with Crippen molar-refractivity contribution in [1.82, 2.24) is 0 Å². The smallest absolute Gasteiger partial charge is 0.115 e. The van der Waals surface area contributed by atoms with Gasteiger partial charge in [-0.05, 0) is 36.6 Å². The molecule has 0 bridgehead atoms. The molecule has 1 heterocycles. The van der Waals surface area contributed by atoms with Gasteiger partial charge in [0.05, 0.1) is 19.4 Å². The predicted octanol–water partition coefficient (Wildman–Crippen LogP) is 3.97. The van der Waals surface area contributed by atoms with E-state index in [1.165, 1.54) is 11.1 Å². The highest BCUT2D eigenvalue weighted by Crippen LogP contribution is 2.49. The maximum absolute atomic E-state index is 9.68. The van der Waals surface area contributed by atoms with Crippen LogP contribution in [0.25, 0.3) is 0 Å². The maximum Gasteiger partial charge on any atom is 0.115 e. The molecule has 3 heteroatoms. The van der Waals surface area contributed by atoms with Crippen molar-refractivity contribution in [2.45, 2.75) is 51.2 Å². The highest BCUT2D eigenvalue weighted by atomic mass is 28.3. The van der Waals surface area contributed by atoms with Crippen LogP contribution in [0.1, 0.15) is 37.1 Å². The molecule has 0 saturated carbocycles. The van der Waals surface area contributed by atoms with Gasteiger partial charge in [0.1, 0.15) is 5.75 Å². The standard InChI is InChI=1S/C14H22O2Si/c1-6-14(2)12-8-7-10(15)9-11(12)13(16-14)17(3,4)5/h7-9,13,15H,6H2,1-5H3. The van der Waals surface area contributed by atoms with E-state index in [4.69, 9.17) is 4.74 Å². The second-order valence-electron chi connectivity index (χ2n) is 6.22. The van der Waals surface area contributed by atoms with Crippen LogP contribution < -0.4 is 0 Å². The molecule has 0 spiro atoms. The van der Waals surface area contributed by atoms with E-state index in [0.29, 0.717) is 5.75 Å². The molecule has 0 fully saturated rings. The Morgan fingerprint density at radius 2 is 2.00 bits per heavy atom. The lowest BCUT2D eigenvalue weighted by atomic mass is 9.92. The van der Waals surface area contributed by atoms with Gasteiger partial charge in [-0.3, -0.25) is 0 Å². The minimum Gasteiger partial charge on any atom is -0.508 e. The molecule has 17 heavy (non-hydrogen) atoms. The van der Waals surface area contributed by atoms with Crippen LogP contribution in [0.2, 0.25) is 19.6 Å². The molecule has 1 aromatic carbocycles. The second kappa shape index (κ2) is 3.85. The Morgan fingerprint density at radius 1 is 1.35 bits per heavy atom. The maximum atomic E-state index is 9.68. The third kappa shape index (κ3) is 2.02. The van der Waals surface area contributed by atoms with Crippen molar-refractivity contribution in [2.75, 3.05) is 0 Å². The van der Waals surface area contributed by atoms with Gasteiger partial charge >= 0.3 is 0 Å². The quantitative estimate of drug-likeness (QED) is 0.805. The monoisotopic (exact) mass is 250 g/mol. The number of benzene rings is 1. The lowest BCUT2D eigenvalue weighted by Crippen LogP contribution is -2.33. The van der Waals surface area contributed by atoms with E-state index in [2.05, 4.69) is 33.5 Å². The largest absolute Gasteiger partial charge is 0.508 e. The van der Waals surface area contributed by atoms with Crippen molar-refractivity contribution < 1.29 is 9.84 Å². The Bertz CT molecular complexity index is 436.